The third kappa shape index (κ3) is 3.48. The van der Waals surface area contributed by atoms with Crippen molar-refractivity contribution in [2.45, 2.75) is 18.9 Å². The number of likely N-dealkylation sites (tertiary alicyclic amines) is 1. The Morgan fingerprint density at radius 2 is 2.16 bits per heavy atom. The van der Waals surface area contributed by atoms with Crippen molar-refractivity contribution >= 4 is 27.5 Å². The fourth-order valence-corrected chi connectivity index (χ4v) is 2.99. The molecule has 5 heteroatoms. The maximum absolute atomic E-state index is 12.5. The summed E-state index contributed by atoms with van der Waals surface area (Å²) < 4.78 is 0.844. The monoisotopic (exact) mass is 325 g/mol. The van der Waals surface area contributed by atoms with Gasteiger partial charge in [0.05, 0.1) is 0 Å². The van der Waals surface area contributed by atoms with Gasteiger partial charge in [-0.15, -0.1) is 0 Å². The quantitative estimate of drug-likeness (QED) is 0.848. The topological polar surface area (TPSA) is 49.6 Å². The first kappa shape index (κ1) is 14.3. The average molecular weight is 326 g/mol. The summed E-state index contributed by atoms with van der Waals surface area (Å²) in [5, 5.41) is 0. The molecular formula is C14H20BrN3O. The van der Waals surface area contributed by atoms with Crippen LogP contribution in [0.5, 0.6) is 0 Å². The summed E-state index contributed by atoms with van der Waals surface area (Å²) >= 11 is 3.38. The summed E-state index contributed by atoms with van der Waals surface area (Å²) in [6.07, 6.45) is 2.20. The molecule has 0 aromatic heterocycles. The van der Waals surface area contributed by atoms with Crippen LogP contribution in [0.1, 0.15) is 23.2 Å². The molecule has 0 saturated carbocycles. The summed E-state index contributed by atoms with van der Waals surface area (Å²) in [5.41, 5.74) is 7.06. The minimum absolute atomic E-state index is 0.0690. The highest BCUT2D eigenvalue weighted by Crippen LogP contribution is 2.21. The zero-order chi connectivity index (χ0) is 14.0. The van der Waals surface area contributed by atoms with Gasteiger partial charge in [0.2, 0.25) is 0 Å². The van der Waals surface area contributed by atoms with Crippen LogP contribution in [0.2, 0.25) is 0 Å². The highest BCUT2D eigenvalue weighted by Gasteiger charge is 2.25. The molecule has 1 heterocycles. The van der Waals surface area contributed by atoms with E-state index in [-0.39, 0.29) is 5.91 Å². The van der Waals surface area contributed by atoms with Crippen molar-refractivity contribution in [2.75, 3.05) is 32.9 Å². The Balaban J connectivity index is 2.14. The summed E-state index contributed by atoms with van der Waals surface area (Å²) in [5.74, 6) is 0.0690. The van der Waals surface area contributed by atoms with E-state index in [0.29, 0.717) is 17.3 Å². The highest BCUT2D eigenvalue weighted by atomic mass is 79.9. The minimum atomic E-state index is 0.0690. The van der Waals surface area contributed by atoms with Gasteiger partial charge in [0, 0.05) is 34.9 Å². The van der Waals surface area contributed by atoms with Crippen molar-refractivity contribution in [3.05, 3.63) is 28.2 Å². The normalized spacial score (nSPS) is 19.8. The third-order valence-corrected chi connectivity index (χ3v) is 4.04. The van der Waals surface area contributed by atoms with Gasteiger partial charge in [-0.1, -0.05) is 15.9 Å². The second-order valence-corrected chi connectivity index (χ2v) is 6.20. The standard InChI is InChI=1S/C14H20BrN3O/c1-17(2)13-4-3-5-18(9-13)14(19)10-6-11(15)8-12(16)7-10/h6-8,13H,3-5,9,16H2,1-2H3. The minimum Gasteiger partial charge on any atom is -0.399 e. The Kier molecular flexibility index (Phi) is 4.47. The van der Waals surface area contributed by atoms with Crippen LogP contribution in [0.15, 0.2) is 22.7 Å². The predicted octanol–water partition coefficient (Wildman–Crippen LogP) is 2.20. The van der Waals surface area contributed by atoms with Crippen molar-refractivity contribution in [1.29, 1.82) is 0 Å². The number of carbonyl (C=O) groups is 1. The average Bonchev–Trinajstić information content (AvgIpc) is 2.37. The summed E-state index contributed by atoms with van der Waals surface area (Å²) in [6.45, 7) is 1.62. The number of benzene rings is 1. The molecule has 1 aromatic carbocycles. The molecule has 104 valence electrons. The second kappa shape index (κ2) is 5.92. The summed E-state index contributed by atoms with van der Waals surface area (Å²) in [4.78, 5) is 16.6. The molecule has 0 radical (unpaired) electrons. The molecule has 1 aliphatic rings. The molecule has 1 fully saturated rings. The molecule has 1 aliphatic heterocycles. The van der Waals surface area contributed by atoms with Gasteiger partial charge in [0.1, 0.15) is 0 Å². The van der Waals surface area contributed by atoms with Crippen molar-refractivity contribution < 1.29 is 4.79 Å². The number of rotatable bonds is 2. The van der Waals surface area contributed by atoms with E-state index in [1.165, 1.54) is 0 Å². The maximum Gasteiger partial charge on any atom is 0.254 e. The Morgan fingerprint density at radius 3 is 2.79 bits per heavy atom. The number of hydrogen-bond acceptors (Lipinski definition) is 3. The van der Waals surface area contributed by atoms with Gasteiger partial charge < -0.3 is 15.5 Å². The Hall–Kier alpha value is -1.07. The van der Waals surface area contributed by atoms with Crippen LogP contribution in [-0.4, -0.2) is 48.9 Å². The van der Waals surface area contributed by atoms with Crippen LogP contribution < -0.4 is 5.73 Å². The zero-order valence-corrected chi connectivity index (χ0v) is 13.0. The molecular weight excluding hydrogens is 306 g/mol. The lowest BCUT2D eigenvalue weighted by Gasteiger charge is -2.36. The van der Waals surface area contributed by atoms with E-state index in [1.54, 1.807) is 12.1 Å². The molecule has 0 aliphatic carbocycles. The molecule has 4 nitrogen and oxygen atoms in total. The SMILES string of the molecule is CN(C)C1CCCN(C(=O)c2cc(N)cc(Br)c2)C1. The fraction of sp³-hybridized carbons (Fsp3) is 0.500. The third-order valence-electron chi connectivity index (χ3n) is 3.58. The number of anilines is 1. The van der Waals surface area contributed by atoms with Crippen LogP contribution in [0.3, 0.4) is 0 Å². The van der Waals surface area contributed by atoms with Gasteiger partial charge in [-0.05, 0) is 45.1 Å². The van der Waals surface area contributed by atoms with Crippen molar-refractivity contribution in [3.63, 3.8) is 0 Å². The second-order valence-electron chi connectivity index (χ2n) is 5.28. The van der Waals surface area contributed by atoms with Gasteiger partial charge in [0.25, 0.3) is 5.91 Å². The fourth-order valence-electron chi connectivity index (χ4n) is 2.48. The lowest BCUT2D eigenvalue weighted by Crippen LogP contribution is -2.47. The van der Waals surface area contributed by atoms with Crippen LogP contribution in [-0.2, 0) is 0 Å². The molecule has 2 rings (SSSR count). The predicted molar refractivity (Wildman–Crippen MR) is 81.2 cm³/mol. The number of piperidine rings is 1. The molecule has 0 bridgehead atoms. The highest BCUT2D eigenvalue weighted by molar-refractivity contribution is 9.10. The van der Waals surface area contributed by atoms with Crippen LogP contribution in [0, 0.1) is 0 Å². The number of nitrogens with zero attached hydrogens (tertiary/aromatic N) is 2. The van der Waals surface area contributed by atoms with Gasteiger partial charge in [-0.25, -0.2) is 0 Å². The Labute approximate surface area is 122 Å². The van der Waals surface area contributed by atoms with E-state index in [9.17, 15) is 4.79 Å². The lowest BCUT2D eigenvalue weighted by molar-refractivity contribution is 0.0635. The zero-order valence-electron chi connectivity index (χ0n) is 11.4. The lowest BCUT2D eigenvalue weighted by atomic mass is 10.0. The number of likely N-dealkylation sites (N-methyl/N-ethyl adjacent to an activating group) is 1. The van der Waals surface area contributed by atoms with Gasteiger partial charge in [0.15, 0.2) is 0 Å². The molecule has 1 aromatic rings. The maximum atomic E-state index is 12.5. The number of halogens is 1. The number of hydrogen-bond donors (Lipinski definition) is 1. The van der Waals surface area contributed by atoms with Crippen molar-refractivity contribution in [2.24, 2.45) is 0 Å². The number of carbonyl (C=O) groups excluding carboxylic acids is 1. The Morgan fingerprint density at radius 1 is 1.42 bits per heavy atom. The molecule has 1 saturated heterocycles. The van der Waals surface area contributed by atoms with E-state index >= 15 is 0 Å². The van der Waals surface area contributed by atoms with Crippen molar-refractivity contribution in [1.82, 2.24) is 9.80 Å². The van der Waals surface area contributed by atoms with E-state index in [2.05, 4.69) is 34.9 Å². The number of nitrogen functional groups attached to an aromatic ring is 1. The molecule has 0 spiro atoms. The van der Waals surface area contributed by atoms with Crippen LogP contribution in [0.25, 0.3) is 0 Å². The first-order chi connectivity index (χ1) is 8.97. The first-order valence-electron chi connectivity index (χ1n) is 6.49. The summed E-state index contributed by atoms with van der Waals surface area (Å²) in [6, 6.07) is 5.82. The molecule has 1 atom stereocenters. The molecule has 19 heavy (non-hydrogen) atoms. The summed E-state index contributed by atoms with van der Waals surface area (Å²) in [7, 11) is 4.13. The van der Waals surface area contributed by atoms with Gasteiger partial charge >= 0.3 is 0 Å². The molecule has 2 N–H and O–H groups in total. The first-order valence-corrected chi connectivity index (χ1v) is 7.28. The molecule has 1 unspecified atom stereocenters. The van der Waals surface area contributed by atoms with Gasteiger partial charge in [-0.2, -0.15) is 0 Å². The van der Waals surface area contributed by atoms with E-state index in [0.717, 1.165) is 30.4 Å². The smallest absolute Gasteiger partial charge is 0.254 e. The van der Waals surface area contributed by atoms with Gasteiger partial charge in [-0.3, -0.25) is 4.79 Å². The van der Waals surface area contributed by atoms with Crippen LogP contribution >= 0.6 is 15.9 Å². The largest absolute Gasteiger partial charge is 0.399 e. The number of nitrogens with two attached hydrogens (primary N) is 1. The van der Waals surface area contributed by atoms with E-state index in [4.69, 9.17) is 5.73 Å². The van der Waals surface area contributed by atoms with E-state index < -0.39 is 0 Å². The Bertz CT molecular complexity index is 456. The van der Waals surface area contributed by atoms with Crippen molar-refractivity contribution in [3.8, 4) is 0 Å². The van der Waals surface area contributed by atoms with E-state index in [1.807, 2.05) is 11.0 Å². The molecule has 1 amide bonds. The number of amides is 1. The van der Waals surface area contributed by atoms with Crippen LogP contribution in [0.4, 0.5) is 5.69 Å².